The molecule has 1 aromatic heterocycles. The molecule has 0 atom stereocenters. The van der Waals surface area contributed by atoms with Gasteiger partial charge in [0.25, 0.3) is 0 Å². The SMILES string of the molecule is Cc1cc(C(=O)O)cc(NC2CC(C)C2)n1. The maximum absolute atomic E-state index is 10.9. The predicted octanol–water partition coefficient (Wildman–Crippen LogP) is 2.30. The molecule has 0 aliphatic heterocycles. The molecule has 0 unspecified atom stereocenters. The first-order chi connectivity index (χ1) is 7.54. The molecule has 1 aromatic rings. The molecule has 4 heteroatoms. The van der Waals surface area contributed by atoms with Gasteiger partial charge in [0, 0.05) is 11.7 Å². The maximum Gasteiger partial charge on any atom is 0.335 e. The van der Waals surface area contributed by atoms with Crippen molar-refractivity contribution in [3.05, 3.63) is 23.4 Å². The van der Waals surface area contributed by atoms with Crippen molar-refractivity contribution in [3.63, 3.8) is 0 Å². The molecule has 2 rings (SSSR count). The summed E-state index contributed by atoms with van der Waals surface area (Å²) in [5.41, 5.74) is 1.03. The molecule has 2 N–H and O–H groups in total. The van der Waals surface area contributed by atoms with Crippen LogP contribution < -0.4 is 5.32 Å². The number of carboxylic acids is 1. The number of carbonyl (C=O) groups is 1. The summed E-state index contributed by atoms with van der Waals surface area (Å²) in [6, 6.07) is 3.63. The van der Waals surface area contributed by atoms with Crippen molar-refractivity contribution in [1.82, 2.24) is 4.98 Å². The Hall–Kier alpha value is -1.58. The van der Waals surface area contributed by atoms with E-state index in [0.29, 0.717) is 17.4 Å². The van der Waals surface area contributed by atoms with Crippen LogP contribution in [-0.2, 0) is 0 Å². The van der Waals surface area contributed by atoms with Crippen LogP contribution in [0.1, 0.15) is 35.8 Å². The molecule has 0 spiro atoms. The minimum absolute atomic E-state index is 0.294. The van der Waals surface area contributed by atoms with Gasteiger partial charge in [-0.25, -0.2) is 9.78 Å². The second-order valence-corrected chi connectivity index (χ2v) is 4.61. The number of aryl methyl sites for hydroxylation is 1. The molecule has 1 fully saturated rings. The van der Waals surface area contributed by atoms with Crippen molar-refractivity contribution in [3.8, 4) is 0 Å². The second kappa shape index (κ2) is 4.12. The van der Waals surface area contributed by atoms with Gasteiger partial charge in [-0.2, -0.15) is 0 Å². The largest absolute Gasteiger partial charge is 0.478 e. The van der Waals surface area contributed by atoms with E-state index >= 15 is 0 Å². The first-order valence-electron chi connectivity index (χ1n) is 5.53. The fraction of sp³-hybridized carbons (Fsp3) is 0.500. The molecule has 0 saturated heterocycles. The number of anilines is 1. The number of aromatic carboxylic acids is 1. The van der Waals surface area contributed by atoms with E-state index in [4.69, 9.17) is 5.11 Å². The van der Waals surface area contributed by atoms with Crippen LogP contribution in [0.2, 0.25) is 0 Å². The van der Waals surface area contributed by atoms with Crippen molar-refractivity contribution in [1.29, 1.82) is 0 Å². The zero-order chi connectivity index (χ0) is 11.7. The molecule has 1 aliphatic rings. The number of pyridine rings is 1. The van der Waals surface area contributed by atoms with Gasteiger partial charge >= 0.3 is 5.97 Å². The van der Waals surface area contributed by atoms with Crippen LogP contribution in [0.3, 0.4) is 0 Å². The topological polar surface area (TPSA) is 62.2 Å². The number of aromatic nitrogens is 1. The number of hydrogen-bond donors (Lipinski definition) is 2. The van der Waals surface area contributed by atoms with E-state index in [-0.39, 0.29) is 0 Å². The summed E-state index contributed by atoms with van der Waals surface area (Å²) in [7, 11) is 0. The minimum Gasteiger partial charge on any atom is -0.478 e. The van der Waals surface area contributed by atoms with E-state index in [1.165, 1.54) is 0 Å². The Balaban J connectivity index is 2.11. The minimum atomic E-state index is -0.907. The predicted molar refractivity (Wildman–Crippen MR) is 61.7 cm³/mol. The molecular formula is C12H16N2O2. The molecule has 1 saturated carbocycles. The van der Waals surface area contributed by atoms with Gasteiger partial charge in [-0.15, -0.1) is 0 Å². The summed E-state index contributed by atoms with van der Waals surface area (Å²) in [5.74, 6) is 0.533. The van der Waals surface area contributed by atoms with Crippen molar-refractivity contribution in [2.24, 2.45) is 5.92 Å². The smallest absolute Gasteiger partial charge is 0.335 e. The van der Waals surface area contributed by atoms with Crippen molar-refractivity contribution >= 4 is 11.8 Å². The van der Waals surface area contributed by atoms with Gasteiger partial charge in [0.2, 0.25) is 0 Å². The fourth-order valence-corrected chi connectivity index (χ4v) is 2.10. The third kappa shape index (κ3) is 2.32. The Morgan fingerprint density at radius 2 is 2.19 bits per heavy atom. The van der Waals surface area contributed by atoms with E-state index in [9.17, 15) is 4.79 Å². The fourth-order valence-electron chi connectivity index (χ4n) is 2.10. The zero-order valence-corrected chi connectivity index (χ0v) is 9.53. The van der Waals surface area contributed by atoms with E-state index in [1.807, 2.05) is 0 Å². The number of rotatable bonds is 3. The Morgan fingerprint density at radius 3 is 2.75 bits per heavy atom. The van der Waals surface area contributed by atoms with E-state index in [0.717, 1.165) is 24.5 Å². The first kappa shape index (κ1) is 10.9. The van der Waals surface area contributed by atoms with E-state index < -0.39 is 5.97 Å². The number of nitrogens with one attached hydrogen (secondary N) is 1. The van der Waals surface area contributed by atoms with Crippen LogP contribution in [-0.4, -0.2) is 22.1 Å². The molecule has 16 heavy (non-hydrogen) atoms. The molecule has 0 aromatic carbocycles. The highest BCUT2D eigenvalue weighted by Crippen LogP contribution is 2.29. The third-order valence-corrected chi connectivity index (χ3v) is 2.93. The molecular weight excluding hydrogens is 204 g/mol. The van der Waals surface area contributed by atoms with Crippen LogP contribution in [0.4, 0.5) is 5.82 Å². The van der Waals surface area contributed by atoms with Gasteiger partial charge in [-0.05, 0) is 37.8 Å². The summed E-state index contributed by atoms with van der Waals surface area (Å²) in [4.78, 5) is 15.2. The van der Waals surface area contributed by atoms with Gasteiger partial charge in [0.15, 0.2) is 0 Å². The number of nitrogens with zero attached hydrogens (tertiary/aromatic N) is 1. The molecule has 0 bridgehead atoms. The van der Waals surface area contributed by atoms with Crippen LogP contribution in [0.15, 0.2) is 12.1 Å². The quantitative estimate of drug-likeness (QED) is 0.820. The monoisotopic (exact) mass is 220 g/mol. The lowest BCUT2D eigenvalue weighted by Crippen LogP contribution is -2.34. The van der Waals surface area contributed by atoms with Gasteiger partial charge < -0.3 is 10.4 Å². The average Bonchev–Trinajstić information content (AvgIpc) is 2.14. The lowest BCUT2D eigenvalue weighted by Gasteiger charge is -2.33. The maximum atomic E-state index is 10.9. The zero-order valence-electron chi connectivity index (χ0n) is 9.53. The highest BCUT2D eigenvalue weighted by atomic mass is 16.4. The first-order valence-corrected chi connectivity index (χ1v) is 5.53. The van der Waals surface area contributed by atoms with Crippen LogP contribution in [0.5, 0.6) is 0 Å². The highest BCUT2D eigenvalue weighted by Gasteiger charge is 2.25. The van der Waals surface area contributed by atoms with Crippen molar-refractivity contribution in [2.75, 3.05) is 5.32 Å². The molecule has 0 radical (unpaired) electrons. The van der Waals surface area contributed by atoms with E-state index in [2.05, 4.69) is 17.2 Å². The second-order valence-electron chi connectivity index (χ2n) is 4.61. The van der Waals surface area contributed by atoms with Gasteiger partial charge in [0.05, 0.1) is 5.56 Å². The Labute approximate surface area is 94.7 Å². The van der Waals surface area contributed by atoms with Crippen LogP contribution in [0.25, 0.3) is 0 Å². The highest BCUT2D eigenvalue weighted by molar-refractivity contribution is 5.88. The Bertz CT molecular complexity index is 411. The number of carboxylic acid groups (broad SMARTS) is 1. The van der Waals surface area contributed by atoms with Crippen molar-refractivity contribution < 1.29 is 9.90 Å². The van der Waals surface area contributed by atoms with Crippen LogP contribution >= 0.6 is 0 Å². The summed E-state index contributed by atoms with van der Waals surface area (Å²) in [6.45, 7) is 4.02. The summed E-state index contributed by atoms with van der Waals surface area (Å²) < 4.78 is 0. The summed E-state index contributed by atoms with van der Waals surface area (Å²) >= 11 is 0. The average molecular weight is 220 g/mol. The van der Waals surface area contributed by atoms with Crippen molar-refractivity contribution in [2.45, 2.75) is 32.7 Å². The lowest BCUT2D eigenvalue weighted by atomic mass is 9.82. The van der Waals surface area contributed by atoms with Gasteiger partial charge in [-0.3, -0.25) is 0 Å². The molecule has 1 aliphatic carbocycles. The Kier molecular flexibility index (Phi) is 2.81. The molecule has 86 valence electrons. The third-order valence-electron chi connectivity index (χ3n) is 2.93. The standard InChI is InChI=1S/C12H16N2O2/c1-7-3-10(4-7)14-11-6-9(12(15)16)5-8(2)13-11/h5-7,10H,3-4H2,1-2H3,(H,13,14)(H,15,16). The molecule has 0 amide bonds. The summed E-state index contributed by atoms with van der Waals surface area (Å²) in [5, 5.41) is 12.2. The summed E-state index contributed by atoms with van der Waals surface area (Å²) in [6.07, 6.45) is 2.27. The van der Waals surface area contributed by atoms with E-state index in [1.54, 1.807) is 19.1 Å². The van der Waals surface area contributed by atoms with Gasteiger partial charge in [-0.1, -0.05) is 6.92 Å². The molecule has 1 heterocycles. The van der Waals surface area contributed by atoms with Crippen LogP contribution in [0, 0.1) is 12.8 Å². The molecule has 4 nitrogen and oxygen atoms in total. The number of hydrogen-bond acceptors (Lipinski definition) is 3. The normalized spacial score (nSPS) is 23.6. The lowest BCUT2D eigenvalue weighted by molar-refractivity contribution is 0.0696. The Morgan fingerprint density at radius 1 is 1.50 bits per heavy atom. The van der Waals surface area contributed by atoms with Gasteiger partial charge in [0.1, 0.15) is 5.82 Å².